The van der Waals surface area contributed by atoms with E-state index in [2.05, 4.69) is 88.3 Å². The zero-order valence-corrected chi connectivity index (χ0v) is 15.2. The van der Waals surface area contributed by atoms with Crippen LogP contribution in [0.4, 0.5) is 0 Å². The van der Waals surface area contributed by atoms with Gasteiger partial charge in [0.1, 0.15) is 11.3 Å². The van der Waals surface area contributed by atoms with Gasteiger partial charge >= 0.3 is 16.6 Å². The summed E-state index contributed by atoms with van der Waals surface area (Å²) in [6.45, 7) is 0. The van der Waals surface area contributed by atoms with E-state index in [1.165, 1.54) is 32.7 Å². The highest BCUT2D eigenvalue weighted by molar-refractivity contribution is 6.17. The monoisotopic (exact) mass is 347 g/mol. The second kappa shape index (κ2) is 6.14. The summed E-state index contributed by atoms with van der Waals surface area (Å²) in [5, 5.41) is 6.06. The maximum atomic E-state index is 5.45. The molecule has 0 saturated carbocycles. The van der Waals surface area contributed by atoms with Crippen LogP contribution in [0.5, 0.6) is 5.75 Å². The highest BCUT2D eigenvalue weighted by Gasteiger charge is 2.14. The van der Waals surface area contributed by atoms with Crippen LogP contribution < -0.4 is 3.79 Å². The summed E-state index contributed by atoms with van der Waals surface area (Å²) in [6.07, 6.45) is 1.81. The van der Waals surface area contributed by atoms with Crippen molar-refractivity contribution in [3.05, 3.63) is 85.1 Å². The van der Waals surface area contributed by atoms with Crippen molar-refractivity contribution in [2.45, 2.75) is 0 Å². The standard InChI is InChI=1S/C23H15NO.Al/c25-21-12-11-19(20-10-5-13-24-23(20)21)22-17-8-3-1-6-15(17)14-16-7-2-4-9-18(16)22;/h1-14,25H;/q;+1/p-1. The van der Waals surface area contributed by atoms with Crippen LogP contribution in [0, 0.1) is 0 Å². The van der Waals surface area contributed by atoms with Crippen LogP contribution in [0.25, 0.3) is 43.6 Å². The minimum absolute atomic E-state index is 0.763. The number of nitrogens with zero attached hydrogens (tertiary/aromatic N) is 1. The molecule has 0 spiro atoms. The molecule has 0 aliphatic rings. The molecule has 0 aliphatic carbocycles. The predicted octanol–water partition coefficient (Wildman–Crippen LogP) is 5.67. The molecular weight excluding hydrogens is 333 g/mol. The number of hydrogen-bond donors (Lipinski definition) is 0. The van der Waals surface area contributed by atoms with Crippen molar-refractivity contribution in [1.82, 2.24) is 4.98 Å². The van der Waals surface area contributed by atoms with Gasteiger partial charge in [-0.15, -0.1) is 0 Å². The Hall–Kier alpha value is -2.86. The van der Waals surface area contributed by atoms with Gasteiger partial charge in [0.25, 0.3) is 0 Å². The predicted molar refractivity (Wildman–Crippen MR) is 109 cm³/mol. The molecule has 2 radical (unpaired) electrons. The van der Waals surface area contributed by atoms with E-state index in [-0.39, 0.29) is 0 Å². The molecule has 2 nitrogen and oxygen atoms in total. The fourth-order valence-corrected chi connectivity index (χ4v) is 3.95. The maximum absolute atomic E-state index is 5.45. The molecule has 26 heavy (non-hydrogen) atoms. The van der Waals surface area contributed by atoms with E-state index in [1.807, 2.05) is 12.1 Å². The summed E-state index contributed by atoms with van der Waals surface area (Å²) >= 11 is 2.32. The molecule has 5 rings (SSSR count). The van der Waals surface area contributed by atoms with Gasteiger partial charge in [0, 0.05) is 11.6 Å². The third kappa shape index (κ3) is 2.29. The maximum Gasteiger partial charge on any atom is 0.482 e. The molecule has 0 bridgehead atoms. The average Bonchev–Trinajstić information content (AvgIpc) is 2.71. The van der Waals surface area contributed by atoms with Crippen LogP contribution in [0.1, 0.15) is 0 Å². The van der Waals surface area contributed by atoms with Gasteiger partial charge in [-0.25, -0.2) is 0 Å². The second-order valence-electron chi connectivity index (χ2n) is 6.32. The average molecular weight is 347 g/mol. The normalized spacial score (nSPS) is 11.2. The Balaban J connectivity index is 2.00. The Morgan fingerprint density at radius 2 is 1.35 bits per heavy atom. The zero-order chi connectivity index (χ0) is 17.5. The fraction of sp³-hybridized carbons (Fsp3) is 0. The van der Waals surface area contributed by atoms with Gasteiger partial charge in [-0.1, -0.05) is 60.7 Å². The smallest absolute Gasteiger partial charge is 0.482 e. The number of benzene rings is 4. The largest absolute Gasteiger partial charge is 0.652 e. The Kier molecular flexibility index (Phi) is 3.64. The lowest BCUT2D eigenvalue weighted by Crippen LogP contribution is -1.92. The minimum Gasteiger partial charge on any atom is -0.652 e. The van der Waals surface area contributed by atoms with Crippen LogP contribution in [0.15, 0.2) is 85.1 Å². The summed E-state index contributed by atoms with van der Waals surface area (Å²) in [6, 6.07) is 27.6. The van der Waals surface area contributed by atoms with Crippen molar-refractivity contribution in [2.75, 3.05) is 0 Å². The Morgan fingerprint density at radius 1 is 0.692 bits per heavy atom. The van der Waals surface area contributed by atoms with Gasteiger partial charge in [-0.05, 0) is 50.9 Å². The van der Waals surface area contributed by atoms with Crippen molar-refractivity contribution in [1.29, 1.82) is 0 Å². The first kappa shape index (κ1) is 15.4. The number of hydrogen-bond acceptors (Lipinski definition) is 2. The Labute approximate surface area is 159 Å². The van der Waals surface area contributed by atoms with Crippen molar-refractivity contribution in [3.63, 3.8) is 0 Å². The van der Waals surface area contributed by atoms with Crippen LogP contribution in [-0.4, -0.2) is 21.6 Å². The van der Waals surface area contributed by atoms with Gasteiger partial charge in [0.15, 0.2) is 0 Å². The van der Waals surface area contributed by atoms with Gasteiger partial charge in [0.2, 0.25) is 0 Å². The van der Waals surface area contributed by atoms with E-state index in [4.69, 9.17) is 3.79 Å². The molecule has 0 saturated heterocycles. The lowest BCUT2D eigenvalue weighted by Gasteiger charge is -2.15. The lowest BCUT2D eigenvalue weighted by molar-refractivity contribution is 0.622. The van der Waals surface area contributed by atoms with Gasteiger partial charge in [-0.2, -0.15) is 0 Å². The topological polar surface area (TPSA) is 22.1 Å². The molecule has 0 aliphatic heterocycles. The summed E-state index contributed by atoms with van der Waals surface area (Å²) in [7, 11) is 0. The van der Waals surface area contributed by atoms with E-state index < -0.39 is 0 Å². The van der Waals surface area contributed by atoms with E-state index in [9.17, 15) is 0 Å². The Bertz CT molecular complexity index is 1230. The van der Waals surface area contributed by atoms with Crippen molar-refractivity contribution < 1.29 is 3.79 Å². The number of aromatic nitrogens is 1. The van der Waals surface area contributed by atoms with Crippen molar-refractivity contribution in [3.8, 4) is 16.9 Å². The highest BCUT2D eigenvalue weighted by atomic mass is 27.1. The quantitative estimate of drug-likeness (QED) is 0.303. The van der Waals surface area contributed by atoms with Crippen LogP contribution >= 0.6 is 0 Å². The SMILES string of the molecule is [Al][O]c1ccc(-c2c3ccccc3cc3ccccc23)c2cccnc12. The zero-order valence-electron chi connectivity index (χ0n) is 14.0. The number of rotatable bonds is 2. The first-order valence-corrected chi connectivity index (χ1v) is 8.99. The summed E-state index contributed by atoms with van der Waals surface area (Å²) in [4.78, 5) is 4.56. The number of fused-ring (bicyclic) bond motifs is 3. The minimum atomic E-state index is 0.763. The summed E-state index contributed by atoms with van der Waals surface area (Å²) < 4.78 is 5.45. The van der Waals surface area contributed by atoms with Crippen LogP contribution in [-0.2, 0) is 0 Å². The molecular formula is C23H14AlNO. The lowest BCUT2D eigenvalue weighted by atomic mass is 9.90. The van der Waals surface area contributed by atoms with Crippen molar-refractivity contribution in [2.24, 2.45) is 0 Å². The molecule has 120 valence electrons. The third-order valence-corrected chi connectivity index (χ3v) is 5.15. The van der Waals surface area contributed by atoms with E-state index in [0.29, 0.717) is 0 Å². The molecule has 0 N–H and O–H groups in total. The molecule has 5 aromatic rings. The van der Waals surface area contributed by atoms with Gasteiger partial charge in [0.05, 0.1) is 0 Å². The van der Waals surface area contributed by atoms with E-state index in [0.717, 1.165) is 16.7 Å². The molecule has 3 heteroatoms. The fourth-order valence-electron chi connectivity index (χ4n) is 3.76. The molecule has 0 fully saturated rings. The first-order valence-electron chi connectivity index (χ1n) is 8.52. The summed E-state index contributed by atoms with van der Waals surface area (Å²) in [5.41, 5.74) is 3.29. The Morgan fingerprint density at radius 3 is 2.04 bits per heavy atom. The van der Waals surface area contributed by atoms with Gasteiger partial charge < -0.3 is 3.79 Å². The second-order valence-corrected chi connectivity index (χ2v) is 6.56. The highest BCUT2D eigenvalue weighted by Crippen LogP contribution is 2.40. The molecule has 4 aromatic carbocycles. The first-order chi connectivity index (χ1) is 12.9. The van der Waals surface area contributed by atoms with Crippen LogP contribution in [0.2, 0.25) is 0 Å². The van der Waals surface area contributed by atoms with E-state index >= 15 is 0 Å². The molecule has 1 heterocycles. The van der Waals surface area contributed by atoms with E-state index in [1.54, 1.807) is 6.20 Å². The van der Waals surface area contributed by atoms with Crippen molar-refractivity contribution >= 4 is 49.1 Å². The van der Waals surface area contributed by atoms with Gasteiger partial charge in [-0.3, -0.25) is 4.98 Å². The summed E-state index contributed by atoms with van der Waals surface area (Å²) in [5.74, 6) is 0.763. The molecule has 1 aromatic heterocycles. The molecule has 0 amide bonds. The van der Waals surface area contributed by atoms with Crippen LogP contribution in [0.3, 0.4) is 0 Å². The third-order valence-electron chi connectivity index (χ3n) is 4.90. The molecule has 0 atom stereocenters. The molecule has 0 unspecified atom stereocenters. The number of pyridine rings is 1.